The summed E-state index contributed by atoms with van der Waals surface area (Å²) in [6.45, 7) is -0.282. The van der Waals surface area contributed by atoms with E-state index in [1.807, 2.05) is 24.3 Å². The van der Waals surface area contributed by atoms with Crippen LogP contribution in [0.25, 0.3) is 0 Å². The monoisotopic (exact) mass is 264 g/mol. The molecule has 2 unspecified atom stereocenters. The Morgan fingerprint density at radius 3 is 2.79 bits per heavy atom. The number of hydrogen-bond acceptors (Lipinski definition) is 4. The third-order valence-electron chi connectivity index (χ3n) is 3.12. The Bertz CT molecular complexity index is 464. The minimum atomic E-state index is -1.14. The highest BCUT2D eigenvalue weighted by Gasteiger charge is 2.29. The number of anilines is 1. The fraction of sp³-hybridized carbons (Fsp3) is 0.385. The Morgan fingerprint density at radius 1 is 1.42 bits per heavy atom. The number of carboxylic acid groups (broad SMARTS) is 1. The number of hydrogen-bond donors (Lipinski definition) is 4. The number of carboxylic acids is 1. The van der Waals surface area contributed by atoms with Gasteiger partial charge < -0.3 is 20.8 Å². The molecule has 0 fully saturated rings. The molecule has 0 bridgehead atoms. The molecule has 1 aliphatic rings. The Balaban J connectivity index is 1.97. The second-order valence-corrected chi connectivity index (χ2v) is 4.47. The summed E-state index contributed by atoms with van der Waals surface area (Å²) in [6, 6.07) is 6.06. The third kappa shape index (κ3) is 3.03. The van der Waals surface area contributed by atoms with Crippen LogP contribution in [-0.4, -0.2) is 40.8 Å². The van der Waals surface area contributed by atoms with Crippen molar-refractivity contribution in [3.8, 4) is 0 Å². The molecule has 102 valence electrons. The largest absolute Gasteiger partial charge is 0.480 e. The maximum Gasteiger partial charge on any atom is 0.326 e. The number of aliphatic hydroxyl groups excluding tert-OH is 1. The van der Waals surface area contributed by atoms with Crippen LogP contribution in [0.4, 0.5) is 5.69 Å². The summed E-state index contributed by atoms with van der Waals surface area (Å²) >= 11 is 0. The van der Waals surface area contributed by atoms with Crippen molar-refractivity contribution < 1.29 is 19.8 Å². The standard InChI is InChI=1S/C13H16N2O4/c16-6-5-10(13(18)19)15-12(17)11-7-8-3-1-2-4-9(8)14-11/h1-4,10-11,14,16H,5-7H2,(H,15,17)(H,18,19). The molecule has 0 aromatic heterocycles. The first-order chi connectivity index (χ1) is 9.11. The molecular weight excluding hydrogens is 248 g/mol. The van der Waals surface area contributed by atoms with E-state index in [1.165, 1.54) is 0 Å². The maximum absolute atomic E-state index is 12.0. The summed E-state index contributed by atoms with van der Waals surface area (Å²) in [5.41, 5.74) is 1.94. The van der Waals surface area contributed by atoms with Gasteiger partial charge in [0.1, 0.15) is 12.1 Å². The number of aliphatic carboxylic acids is 1. The summed E-state index contributed by atoms with van der Waals surface area (Å²) < 4.78 is 0. The van der Waals surface area contributed by atoms with Gasteiger partial charge in [0.15, 0.2) is 0 Å². The van der Waals surface area contributed by atoms with Gasteiger partial charge in [-0.05, 0) is 11.6 Å². The van der Waals surface area contributed by atoms with Gasteiger partial charge in [0.2, 0.25) is 5.91 Å². The molecule has 2 rings (SSSR count). The molecule has 0 aliphatic carbocycles. The van der Waals surface area contributed by atoms with Gasteiger partial charge in [-0.3, -0.25) is 4.79 Å². The molecule has 1 heterocycles. The average Bonchev–Trinajstić information content (AvgIpc) is 2.81. The van der Waals surface area contributed by atoms with E-state index in [9.17, 15) is 9.59 Å². The molecule has 1 aromatic carbocycles. The van der Waals surface area contributed by atoms with E-state index in [-0.39, 0.29) is 18.9 Å². The predicted molar refractivity (Wildman–Crippen MR) is 68.8 cm³/mol. The smallest absolute Gasteiger partial charge is 0.326 e. The Hall–Kier alpha value is -2.08. The highest BCUT2D eigenvalue weighted by Crippen LogP contribution is 2.25. The van der Waals surface area contributed by atoms with Crippen molar-refractivity contribution in [2.24, 2.45) is 0 Å². The van der Waals surface area contributed by atoms with Crippen molar-refractivity contribution in [2.75, 3.05) is 11.9 Å². The number of aliphatic hydroxyl groups is 1. The molecule has 0 radical (unpaired) electrons. The third-order valence-corrected chi connectivity index (χ3v) is 3.12. The normalized spacial score (nSPS) is 18.3. The van der Waals surface area contributed by atoms with Gasteiger partial charge in [0, 0.05) is 25.1 Å². The lowest BCUT2D eigenvalue weighted by molar-refractivity contribution is -0.142. The van der Waals surface area contributed by atoms with Crippen LogP contribution >= 0.6 is 0 Å². The summed E-state index contributed by atoms with van der Waals surface area (Å²) in [6.07, 6.45) is 0.536. The van der Waals surface area contributed by atoms with Crippen LogP contribution in [0, 0.1) is 0 Å². The second kappa shape index (κ2) is 5.71. The molecule has 4 N–H and O–H groups in total. The first-order valence-electron chi connectivity index (χ1n) is 6.10. The molecule has 0 saturated heterocycles. The van der Waals surface area contributed by atoms with E-state index in [4.69, 9.17) is 10.2 Å². The van der Waals surface area contributed by atoms with Crippen molar-refractivity contribution in [3.63, 3.8) is 0 Å². The number of benzene rings is 1. The van der Waals surface area contributed by atoms with E-state index in [0.717, 1.165) is 11.3 Å². The lowest BCUT2D eigenvalue weighted by Crippen LogP contribution is -2.47. The van der Waals surface area contributed by atoms with Crippen LogP contribution < -0.4 is 10.6 Å². The van der Waals surface area contributed by atoms with Crippen LogP contribution in [0.3, 0.4) is 0 Å². The van der Waals surface area contributed by atoms with Gasteiger partial charge in [0.25, 0.3) is 0 Å². The van der Waals surface area contributed by atoms with Crippen LogP contribution in [0.15, 0.2) is 24.3 Å². The minimum Gasteiger partial charge on any atom is -0.480 e. The van der Waals surface area contributed by atoms with Gasteiger partial charge in [0.05, 0.1) is 0 Å². The molecule has 1 aromatic rings. The zero-order valence-electron chi connectivity index (χ0n) is 10.3. The summed E-state index contributed by atoms with van der Waals surface area (Å²) in [4.78, 5) is 22.9. The van der Waals surface area contributed by atoms with Crippen LogP contribution in [-0.2, 0) is 16.0 Å². The lowest BCUT2D eigenvalue weighted by Gasteiger charge is -2.17. The molecule has 0 saturated carbocycles. The zero-order chi connectivity index (χ0) is 13.8. The molecule has 1 amide bonds. The van der Waals surface area contributed by atoms with Crippen LogP contribution in [0.5, 0.6) is 0 Å². The van der Waals surface area contributed by atoms with Gasteiger partial charge in [-0.25, -0.2) is 4.79 Å². The average molecular weight is 264 g/mol. The topological polar surface area (TPSA) is 98.7 Å². The fourth-order valence-electron chi connectivity index (χ4n) is 2.11. The van der Waals surface area contributed by atoms with Crippen LogP contribution in [0.2, 0.25) is 0 Å². The summed E-state index contributed by atoms with van der Waals surface area (Å²) in [5.74, 6) is -1.50. The zero-order valence-corrected chi connectivity index (χ0v) is 10.3. The number of fused-ring (bicyclic) bond motifs is 1. The van der Waals surface area contributed by atoms with Gasteiger partial charge in [-0.2, -0.15) is 0 Å². The Labute approximate surface area is 110 Å². The summed E-state index contributed by atoms with van der Waals surface area (Å²) in [5, 5.41) is 23.2. The maximum atomic E-state index is 12.0. The molecule has 1 aliphatic heterocycles. The number of amides is 1. The molecule has 0 spiro atoms. The van der Waals surface area contributed by atoms with Crippen molar-refractivity contribution in [1.82, 2.24) is 5.32 Å². The number of rotatable bonds is 5. The number of nitrogens with one attached hydrogen (secondary N) is 2. The first kappa shape index (κ1) is 13.4. The quantitative estimate of drug-likeness (QED) is 0.599. The molecule has 19 heavy (non-hydrogen) atoms. The van der Waals surface area contributed by atoms with E-state index in [2.05, 4.69) is 10.6 Å². The molecular formula is C13H16N2O4. The predicted octanol–water partition coefficient (Wildman–Crippen LogP) is -0.0250. The fourth-order valence-corrected chi connectivity index (χ4v) is 2.11. The van der Waals surface area contributed by atoms with Crippen LogP contribution in [0.1, 0.15) is 12.0 Å². The van der Waals surface area contributed by atoms with Gasteiger partial charge >= 0.3 is 5.97 Å². The number of carbonyl (C=O) groups is 2. The molecule has 6 heteroatoms. The van der Waals surface area contributed by atoms with E-state index in [1.54, 1.807) is 0 Å². The van der Waals surface area contributed by atoms with Crippen molar-refractivity contribution in [1.29, 1.82) is 0 Å². The second-order valence-electron chi connectivity index (χ2n) is 4.47. The van der Waals surface area contributed by atoms with E-state index < -0.39 is 18.1 Å². The first-order valence-corrected chi connectivity index (χ1v) is 6.10. The molecule has 6 nitrogen and oxygen atoms in total. The SMILES string of the molecule is O=C(O)C(CCO)NC(=O)C1Cc2ccccc2N1. The molecule has 2 atom stereocenters. The van der Waals surface area contributed by atoms with E-state index in [0.29, 0.717) is 6.42 Å². The highest BCUT2D eigenvalue weighted by molar-refractivity contribution is 5.90. The Kier molecular flexibility index (Phi) is 4.01. The van der Waals surface area contributed by atoms with Crippen molar-refractivity contribution in [3.05, 3.63) is 29.8 Å². The Morgan fingerprint density at radius 2 is 2.16 bits per heavy atom. The van der Waals surface area contributed by atoms with Gasteiger partial charge in [-0.15, -0.1) is 0 Å². The van der Waals surface area contributed by atoms with Gasteiger partial charge in [-0.1, -0.05) is 18.2 Å². The summed E-state index contributed by atoms with van der Waals surface area (Å²) in [7, 11) is 0. The lowest BCUT2D eigenvalue weighted by atomic mass is 10.1. The van der Waals surface area contributed by atoms with Crippen molar-refractivity contribution in [2.45, 2.75) is 24.9 Å². The minimum absolute atomic E-state index is 0.000736. The highest BCUT2D eigenvalue weighted by atomic mass is 16.4. The van der Waals surface area contributed by atoms with E-state index >= 15 is 0 Å². The number of para-hydroxylation sites is 1. The number of carbonyl (C=O) groups excluding carboxylic acids is 1. The van der Waals surface area contributed by atoms with Crippen molar-refractivity contribution >= 4 is 17.6 Å².